The molecule has 0 aliphatic carbocycles. The Kier molecular flexibility index (Phi) is 7.68. The molecule has 3 aromatic rings. The van der Waals surface area contributed by atoms with Crippen molar-refractivity contribution in [3.8, 4) is 11.5 Å². The molecule has 1 N–H and O–H groups in total. The van der Waals surface area contributed by atoms with Crippen LogP contribution in [0.25, 0.3) is 11.5 Å². The molecule has 1 aromatic heterocycles. The number of amides is 1. The zero-order chi connectivity index (χ0) is 24.9. The van der Waals surface area contributed by atoms with E-state index in [1.54, 1.807) is 0 Å². The van der Waals surface area contributed by atoms with Crippen molar-refractivity contribution in [3.05, 3.63) is 71.6 Å². The van der Waals surface area contributed by atoms with Gasteiger partial charge in [0.05, 0.1) is 5.69 Å². The first kappa shape index (κ1) is 24.5. The van der Waals surface area contributed by atoms with Gasteiger partial charge in [0, 0.05) is 62.1 Å². The van der Waals surface area contributed by atoms with Crippen LogP contribution < -0.4 is 10.2 Å². The van der Waals surface area contributed by atoms with Crippen LogP contribution in [-0.4, -0.2) is 72.5 Å². The van der Waals surface area contributed by atoms with Gasteiger partial charge in [0.2, 0.25) is 5.89 Å². The first-order chi connectivity index (χ1) is 17.6. The predicted octanol–water partition coefficient (Wildman–Crippen LogP) is 4.19. The number of aromatic nitrogens is 1. The van der Waals surface area contributed by atoms with E-state index in [2.05, 4.69) is 57.3 Å². The molecular formula is C29H37N5O2. The van der Waals surface area contributed by atoms with Crippen molar-refractivity contribution < 1.29 is 9.21 Å². The van der Waals surface area contributed by atoms with Crippen LogP contribution in [0, 0.1) is 6.92 Å². The third-order valence-corrected chi connectivity index (χ3v) is 7.56. The molecule has 1 atom stereocenters. The largest absolute Gasteiger partial charge is 0.441 e. The van der Waals surface area contributed by atoms with Crippen molar-refractivity contribution in [2.75, 3.05) is 50.7 Å². The van der Waals surface area contributed by atoms with Gasteiger partial charge in [-0.3, -0.25) is 14.6 Å². The number of para-hydroxylation sites is 1. The first-order valence-electron chi connectivity index (χ1n) is 13.2. The molecule has 7 heteroatoms. The summed E-state index contributed by atoms with van der Waals surface area (Å²) in [4.78, 5) is 24.8. The standard InChI is InChI=1S/C29H37N5O2/c1-3-33-15-7-10-26(33)20-30-28(35)23-11-13-24(14-12-23)29-31-27(22(2)36-29)21-32-16-18-34(19-17-32)25-8-5-4-6-9-25/h4-6,8-9,11-14,26H,3,7,10,15-21H2,1-2H3,(H,30,35). The molecule has 2 aromatic carbocycles. The normalized spacial score (nSPS) is 19.1. The van der Waals surface area contributed by atoms with Gasteiger partial charge in [-0.1, -0.05) is 25.1 Å². The predicted molar refractivity (Wildman–Crippen MR) is 143 cm³/mol. The number of oxazole rings is 1. The Bertz CT molecular complexity index is 1140. The topological polar surface area (TPSA) is 64.9 Å². The highest BCUT2D eigenvalue weighted by Gasteiger charge is 2.24. The summed E-state index contributed by atoms with van der Waals surface area (Å²) < 4.78 is 6.02. The Balaban J connectivity index is 1.15. The number of benzene rings is 2. The summed E-state index contributed by atoms with van der Waals surface area (Å²) in [6, 6.07) is 18.6. The van der Waals surface area contributed by atoms with Crippen LogP contribution >= 0.6 is 0 Å². The van der Waals surface area contributed by atoms with Crippen molar-refractivity contribution in [2.24, 2.45) is 0 Å². The molecule has 0 spiro atoms. The Morgan fingerprint density at radius 2 is 1.78 bits per heavy atom. The number of carbonyl (C=O) groups excluding carboxylic acids is 1. The summed E-state index contributed by atoms with van der Waals surface area (Å²) in [5.41, 5.74) is 3.83. The molecule has 1 unspecified atom stereocenters. The minimum Gasteiger partial charge on any atom is -0.441 e. The van der Waals surface area contributed by atoms with Crippen LogP contribution in [0.3, 0.4) is 0 Å². The van der Waals surface area contributed by atoms with E-state index in [1.165, 1.54) is 12.1 Å². The lowest BCUT2D eigenvalue weighted by Crippen LogP contribution is -2.46. The average molecular weight is 488 g/mol. The van der Waals surface area contributed by atoms with Crippen LogP contribution in [0.2, 0.25) is 0 Å². The molecule has 2 fully saturated rings. The summed E-state index contributed by atoms with van der Waals surface area (Å²) in [5, 5.41) is 3.11. The van der Waals surface area contributed by atoms with Crippen molar-refractivity contribution in [3.63, 3.8) is 0 Å². The lowest BCUT2D eigenvalue weighted by atomic mass is 10.1. The van der Waals surface area contributed by atoms with Gasteiger partial charge in [-0.25, -0.2) is 4.98 Å². The Labute approximate surface area is 214 Å². The van der Waals surface area contributed by atoms with Gasteiger partial charge in [0.1, 0.15) is 5.76 Å². The van der Waals surface area contributed by atoms with Crippen LogP contribution in [0.4, 0.5) is 5.69 Å². The van der Waals surface area contributed by atoms with Crippen molar-refractivity contribution in [1.82, 2.24) is 20.1 Å². The Hall–Kier alpha value is -3.16. The summed E-state index contributed by atoms with van der Waals surface area (Å²) in [6.07, 6.45) is 2.37. The second-order valence-corrected chi connectivity index (χ2v) is 9.83. The number of likely N-dealkylation sites (tertiary alicyclic amines) is 1. The molecule has 0 radical (unpaired) electrons. The number of carbonyl (C=O) groups is 1. The maximum absolute atomic E-state index is 12.7. The number of nitrogens with zero attached hydrogens (tertiary/aromatic N) is 4. The molecule has 0 bridgehead atoms. The van der Waals surface area contributed by atoms with Gasteiger partial charge < -0.3 is 14.6 Å². The van der Waals surface area contributed by atoms with Gasteiger partial charge in [0.15, 0.2) is 0 Å². The zero-order valence-corrected chi connectivity index (χ0v) is 21.4. The molecule has 0 saturated carbocycles. The molecule has 2 aliphatic rings. The van der Waals surface area contributed by atoms with Gasteiger partial charge in [-0.2, -0.15) is 0 Å². The fraction of sp³-hybridized carbons (Fsp3) is 0.448. The number of piperazine rings is 1. The van der Waals surface area contributed by atoms with Crippen molar-refractivity contribution in [2.45, 2.75) is 39.3 Å². The van der Waals surface area contributed by atoms with Gasteiger partial charge >= 0.3 is 0 Å². The molecular weight excluding hydrogens is 450 g/mol. The number of hydrogen-bond acceptors (Lipinski definition) is 6. The van der Waals surface area contributed by atoms with E-state index in [4.69, 9.17) is 9.40 Å². The van der Waals surface area contributed by atoms with Gasteiger partial charge in [-0.15, -0.1) is 0 Å². The number of nitrogens with one attached hydrogen (secondary N) is 1. The molecule has 1 amide bonds. The van der Waals surface area contributed by atoms with E-state index in [0.29, 0.717) is 24.0 Å². The van der Waals surface area contributed by atoms with E-state index in [0.717, 1.165) is 69.3 Å². The SMILES string of the molecule is CCN1CCCC1CNC(=O)c1ccc(-c2nc(CN3CCN(c4ccccc4)CC3)c(C)o2)cc1. The quantitative estimate of drug-likeness (QED) is 0.514. The third kappa shape index (κ3) is 5.63. The van der Waals surface area contributed by atoms with Gasteiger partial charge in [-0.05, 0) is 69.3 Å². The second kappa shape index (κ2) is 11.3. The Morgan fingerprint density at radius 1 is 1.03 bits per heavy atom. The third-order valence-electron chi connectivity index (χ3n) is 7.56. The molecule has 5 rings (SSSR count). The summed E-state index contributed by atoms with van der Waals surface area (Å²) in [6.45, 7) is 11.8. The fourth-order valence-corrected chi connectivity index (χ4v) is 5.33. The molecule has 2 saturated heterocycles. The van der Waals surface area contributed by atoms with E-state index in [-0.39, 0.29) is 5.91 Å². The van der Waals surface area contributed by atoms with Crippen LogP contribution in [-0.2, 0) is 6.54 Å². The van der Waals surface area contributed by atoms with E-state index < -0.39 is 0 Å². The van der Waals surface area contributed by atoms with Crippen molar-refractivity contribution in [1.29, 1.82) is 0 Å². The van der Waals surface area contributed by atoms with Crippen molar-refractivity contribution >= 4 is 11.6 Å². The highest BCUT2D eigenvalue weighted by Crippen LogP contribution is 2.24. The maximum atomic E-state index is 12.7. The molecule has 2 aliphatic heterocycles. The second-order valence-electron chi connectivity index (χ2n) is 9.83. The lowest BCUT2D eigenvalue weighted by molar-refractivity contribution is 0.0941. The smallest absolute Gasteiger partial charge is 0.251 e. The maximum Gasteiger partial charge on any atom is 0.251 e. The minimum absolute atomic E-state index is 0.0246. The van der Waals surface area contributed by atoms with Crippen LogP contribution in [0.5, 0.6) is 0 Å². The number of rotatable bonds is 8. The monoisotopic (exact) mass is 487 g/mol. The lowest BCUT2D eigenvalue weighted by Gasteiger charge is -2.35. The number of hydrogen-bond donors (Lipinski definition) is 1. The number of anilines is 1. The van der Waals surface area contributed by atoms with Gasteiger partial charge in [0.25, 0.3) is 5.91 Å². The van der Waals surface area contributed by atoms with Crippen LogP contribution in [0.15, 0.2) is 59.0 Å². The highest BCUT2D eigenvalue weighted by atomic mass is 16.4. The van der Waals surface area contributed by atoms with E-state index in [1.807, 2.05) is 31.2 Å². The van der Waals surface area contributed by atoms with Crippen LogP contribution in [0.1, 0.15) is 41.6 Å². The zero-order valence-electron chi connectivity index (χ0n) is 21.4. The highest BCUT2D eigenvalue weighted by molar-refractivity contribution is 5.94. The summed E-state index contributed by atoms with van der Waals surface area (Å²) >= 11 is 0. The fourth-order valence-electron chi connectivity index (χ4n) is 5.33. The van der Waals surface area contributed by atoms with E-state index in [9.17, 15) is 4.79 Å². The Morgan fingerprint density at radius 3 is 2.50 bits per heavy atom. The molecule has 36 heavy (non-hydrogen) atoms. The first-order valence-corrected chi connectivity index (χ1v) is 13.2. The summed E-state index contributed by atoms with van der Waals surface area (Å²) in [7, 11) is 0. The van der Waals surface area contributed by atoms with E-state index >= 15 is 0 Å². The molecule has 3 heterocycles. The summed E-state index contributed by atoms with van der Waals surface area (Å²) in [5.74, 6) is 1.44. The average Bonchev–Trinajstić information content (AvgIpc) is 3.54. The number of aryl methyl sites for hydroxylation is 1. The minimum atomic E-state index is -0.0246. The number of likely N-dealkylation sites (N-methyl/N-ethyl adjacent to an activating group) is 1. The molecule has 190 valence electrons. The molecule has 7 nitrogen and oxygen atoms in total.